The molecular weight excluding hydrogens is 232 g/mol. The molecule has 0 bridgehead atoms. The normalized spacial score (nSPS) is 10.4. The van der Waals surface area contributed by atoms with Gasteiger partial charge < -0.3 is 0 Å². The number of hydrogen-bond acceptors (Lipinski definition) is 2. The van der Waals surface area contributed by atoms with Crippen molar-refractivity contribution in [3.05, 3.63) is 72.6 Å². The molecule has 0 N–H and O–H groups in total. The van der Waals surface area contributed by atoms with Crippen LogP contribution in [0, 0.1) is 6.92 Å². The van der Waals surface area contributed by atoms with Crippen molar-refractivity contribution in [3.8, 4) is 22.5 Å². The molecule has 0 radical (unpaired) electrons. The Labute approximate surface area is 112 Å². The van der Waals surface area contributed by atoms with Crippen LogP contribution in [0.5, 0.6) is 0 Å². The highest BCUT2D eigenvalue weighted by Crippen LogP contribution is 2.22. The average Bonchev–Trinajstić information content (AvgIpc) is 2.49. The van der Waals surface area contributed by atoms with Gasteiger partial charge in [0, 0.05) is 18.0 Å². The van der Waals surface area contributed by atoms with Crippen molar-refractivity contribution in [2.45, 2.75) is 6.92 Å². The van der Waals surface area contributed by atoms with Crippen LogP contribution in [0.15, 0.2) is 67.0 Å². The molecule has 0 spiro atoms. The molecule has 0 saturated carbocycles. The summed E-state index contributed by atoms with van der Waals surface area (Å²) in [4.78, 5) is 8.68. The number of benzene rings is 2. The molecule has 2 heteroatoms. The summed E-state index contributed by atoms with van der Waals surface area (Å²) in [7, 11) is 0. The minimum absolute atomic E-state index is 0.769. The third kappa shape index (κ3) is 2.52. The molecule has 0 aliphatic carbocycles. The SMILES string of the molecule is Cc1cnc(-c2ccc(-c3ccccc3)cc2)nc1. The molecule has 0 saturated heterocycles. The Hall–Kier alpha value is -2.48. The quantitative estimate of drug-likeness (QED) is 0.679. The molecule has 0 aliphatic heterocycles. The number of rotatable bonds is 2. The van der Waals surface area contributed by atoms with Crippen molar-refractivity contribution in [1.29, 1.82) is 0 Å². The molecule has 1 aromatic heterocycles. The number of aromatic nitrogens is 2. The van der Waals surface area contributed by atoms with Crippen LogP contribution in [-0.2, 0) is 0 Å². The van der Waals surface area contributed by atoms with E-state index < -0.39 is 0 Å². The van der Waals surface area contributed by atoms with Gasteiger partial charge in [0.25, 0.3) is 0 Å². The van der Waals surface area contributed by atoms with Gasteiger partial charge >= 0.3 is 0 Å². The molecule has 0 unspecified atom stereocenters. The molecule has 2 aromatic carbocycles. The summed E-state index contributed by atoms with van der Waals surface area (Å²) in [5, 5.41) is 0. The van der Waals surface area contributed by atoms with Gasteiger partial charge in [-0.3, -0.25) is 0 Å². The maximum Gasteiger partial charge on any atom is 0.159 e. The van der Waals surface area contributed by atoms with Gasteiger partial charge in [-0.05, 0) is 23.6 Å². The predicted molar refractivity (Wildman–Crippen MR) is 77.6 cm³/mol. The maximum absolute atomic E-state index is 4.34. The molecule has 92 valence electrons. The molecule has 0 aliphatic rings. The molecule has 2 nitrogen and oxygen atoms in total. The van der Waals surface area contributed by atoms with Crippen LogP contribution in [0.4, 0.5) is 0 Å². The highest BCUT2D eigenvalue weighted by Gasteiger charge is 2.01. The van der Waals surface area contributed by atoms with Crippen LogP contribution in [0.2, 0.25) is 0 Å². The van der Waals surface area contributed by atoms with Gasteiger partial charge in [0.05, 0.1) is 0 Å². The lowest BCUT2D eigenvalue weighted by atomic mass is 10.0. The van der Waals surface area contributed by atoms with Gasteiger partial charge in [0.2, 0.25) is 0 Å². The second-order valence-electron chi connectivity index (χ2n) is 4.53. The van der Waals surface area contributed by atoms with Crippen molar-refractivity contribution in [3.63, 3.8) is 0 Å². The standard InChI is InChI=1S/C17H14N2/c1-13-11-18-17(19-12-13)16-9-7-15(8-10-16)14-5-3-2-4-6-14/h2-12H,1H3. The number of aryl methyl sites for hydroxylation is 1. The van der Waals surface area contributed by atoms with E-state index in [4.69, 9.17) is 0 Å². The van der Waals surface area contributed by atoms with Crippen LogP contribution < -0.4 is 0 Å². The summed E-state index contributed by atoms with van der Waals surface area (Å²) < 4.78 is 0. The summed E-state index contributed by atoms with van der Waals surface area (Å²) in [6.45, 7) is 1.99. The second-order valence-corrected chi connectivity index (χ2v) is 4.53. The van der Waals surface area contributed by atoms with E-state index in [0.717, 1.165) is 17.0 Å². The first-order chi connectivity index (χ1) is 9.33. The van der Waals surface area contributed by atoms with E-state index >= 15 is 0 Å². The topological polar surface area (TPSA) is 25.8 Å². The third-order valence-corrected chi connectivity index (χ3v) is 3.03. The molecule has 0 amide bonds. The predicted octanol–water partition coefficient (Wildman–Crippen LogP) is 4.12. The smallest absolute Gasteiger partial charge is 0.159 e. The van der Waals surface area contributed by atoms with Gasteiger partial charge in [0.1, 0.15) is 0 Å². The fourth-order valence-electron chi connectivity index (χ4n) is 1.98. The Morgan fingerprint density at radius 3 is 1.79 bits per heavy atom. The van der Waals surface area contributed by atoms with Gasteiger partial charge in [-0.2, -0.15) is 0 Å². The highest BCUT2D eigenvalue weighted by atomic mass is 14.9. The fourth-order valence-corrected chi connectivity index (χ4v) is 1.98. The van der Waals surface area contributed by atoms with Crippen LogP contribution in [-0.4, -0.2) is 9.97 Å². The third-order valence-electron chi connectivity index (χ3n) is 3.03. The average molecular weight is 246 g/mol. The lowest BCUT2D eigenvalue weighted by molar-refractivity contribution is 1.14. The number of hydrogen-bond donors (Lipinski definition) is 0. The molecule has 0 atom stereocenters. The minimum Gasteiger partial charge on any atom is -0.236 e. The lowest BCUT2D eigenvalue weighted by Crippen LogP contribution is -1.89. The summed E-state index contributed by atoms with van der Waals surface area (Å²) in [5.74, 6) is 0.769. The van der Waals surface area contributed by atoms with Crippen molar-refractivity contribution in [2.24, 2.45) is 0 Å². The lowest BCUT2D eigenvalue weighted by Gasteiger charge is -2.04. The molecule has 3 rings (SSSR count). The van der Waals surface area contributed by atoms with E-state index in [9.17, 15) is 0 Å². The van der Waals surface area contributed by atoms with Gasteiger partial charge in [0.15, 0.2) is 5.82 Å². The van der Waals surface area contributed by atoms with Crippen molar-refractivity contribution in [1.82, 2.24) is 9.97 Å². The zero-order valence-corrected chi connectivity index (χ0v) is 10.7. The van der Waals surface area contributed by atoms with E-state index in [1.54, 1.807) is 0 Å². The van der Waals surface area contributed by atoms with Crippen LogP contribution in [0.25, 0.3) is 22.5 Å². The molecule has 3 aromatic rings. The van der Waals surface area contributed by atoms with Gasteiger partial charge in [-0.25, -0.2) is 9.97 Å². The first kappa shape index (κ1) is 11.6. The number of nitrogens with zero attached hydrogens (tertiary/aromatic N) is 2. The van der Waals surface area contributed by atoms with E-state index in [-0.39, 0.29) is 0 Å². The van der Waals surface area contributed by atoms with Crippen molar-refractivity contribution >= 4 is 0 Å². The summed E-state index contributed by atoms with van der Waals surface area (Å²) in [5.41, 5.74) is 4.54. The molecule has 0 fully saturated rings. The summed E-state index contributed by atoms with van der Waals surface area (Å²) in [6.07, 6.45) is 3.68. The Morgan fingerprint density at radius 2 is 1.16 bits per heavy atom. The van der Waals surface area contributed by atoms with E-state index in [2.05, 4.69) is 46.4 Å². The minimum atomic E-state index is 0.769. The largest absolute Gasteiger partial charge is 0.236 e. The van der Waals surface area contributed by atoms with E-state index in [0.29, 0.717) is 0 Å². The zero-order chi connectivity index (χ0) is 13.1. The van der Waals surface area contributed by atoms with E-state index in [1.165, 1.54) is 11.1 Å². The Kier molecular flexibility index (Phi) is 3.07. The fraction of sp³-hybridized carbons (Fsp3) is 0.0588. The van der Waals surface area contributed by atoms with Crippen LogP contribution in [0.1, 0.15) is 5.56 Å². The summed E-state index contributed by atoms with van der Waals surface area (Å²) >= 11 is 0. The first-order valence-corrected chi connectivity index (χ1v) is 6.27. The first-order valence-electron chi connectivity index (χ1n) is 6.27. The Bertz CT molecular complexity index is 656. The molecule has 19 heavy (non-hydrogen) atoms. The zero-order valence-electron chi connectivity index (χ0n) is 10.7. The summed E-state index contributed by atoms with van der Waals surface area (Å²) in [6, 6.07) is 18.7. The van der Waals surface area contributed by atoms with E-state index in [1.807, 2.05) is 37.5 Å². The van der Waals surface area contributed by atoms with Gasteiger partial charge in [-0.15, -0.1) is 0 Å². The van der Waals surface area contributed by atoms with Crippen molar-refractivity contribution in [2.75, 3.05) is 0 Å². The van der Waals surface area contributed by atoms with Crippen molar-refractivity contribution < 1.29 is 0 Å². The Morgan fingerprint density at radius 1 is 0.632 bits per heavy atom. The van der Waals surface area contributed by atoms with Crippen LogP contribution >= 0.6 is 0 Å². The molecule has 1 heterocycles. The maximum atomic E-state index is 4.34. The second kappa shape index (κ2) is 5.02. The molecular formula is C17H14N2. The van der Waals surface area contributed by atoms with Gasteiger partial charge in [-0.1, -0.05) is 54.6 Å². The van der Waals surface area contributed by atoms with Crippen LogP contribution in [0.3, 0.4) is 0 Å². The highest BCUT2D eigenvalue weighted by molar-refractivity contribution is 5.67. The monoisotopic (exact) mass is 246 g/mol. The Balaban J connectivity index is 1.93.